The Balaban J connectivity index is 3.10. The van der Waals surface area contributed by atoms with Crippen molar-refractivity contribution in [2.45, 2.75) is 5.44 Å². The number of ether oxygens (including phenoxy) is 1. The molecule has 0 aromatic heterocycles. The second-order valence-electron chi connectivity index (χ2n) is 2.14. The molecule has 1 atom stereocenters. The maximum absolute atomic E-state index is 11.0. The van der Waals surface area contributed by atoms with Crippen LogP contribution < -0.4 is 0 Å². The lowest BCUT2D eigenvalue weighted by atomic mass is 10.4. The van der Waals surface area contributed by atoms with E-state index in [-0.39, 0.29) is 0 Å². The van der Waals surface area contributed by atoms with Crippen LogP contribution in [0.5, 0.6) is 0 Å². The monoisotopic (exact) mass is 226 g/mol. The molecule has 1 aliphatic heterocycles. The van der Waals surface area contributed by atoms with Crippen LogP contribution in [0.2, 0.25) is 0 Å². The highest BCUT2D eigenvalue weighted by Gasteiger charge is 2.37. The fourth-order valence-corrected chi connectivity index (χ4v) is 2.42. The molecule has 0 radical (unpaired) electrons. The van der Waals surface area contributed by atoms with E-state index < -0.39 is 23.5 Å². The third-order valence-corrected chi connectivity index (χ3v) is 5.00. The highest BCUT2D eigenvalue weighted by atomic mass is 33.2. The van der Waals surface area contributed by atoms with Gasteiger partial charge in [0.1, 0.15) is 0 Å². The molecule has 0 saturated heterocycles. The molecular formula is C5H6O6S2. The highest BCUT2D eigenvalue weighted by molar-refractivity contribution is 8.65. The Hall–Kier alpha value is -0.860. The lowest BCUT2D eigenvalue weighted by Gasteiger charge is -2.12. The Kier molecular flexibility index (Phi) is 2.46. The molecule has 13 heavy (non-hydrogen) atoms. The molecule has 0 saturated carbocycles. The molecule has 0 aromatic rings. The lowest BCUT2D eigenvalue weighted by Crippen LogP contribution is -2.28. The fourth-order valence-electron chi connectivity index (χ4n) is 0.653. The lowest BCUT2D eigenvalue weighted by molar-refractivity contribution is 0.247. The molecule has 0 fully saturated rings. The normalized spacial score (nSPS) is 22.7. The predicted octanol–water partition coefficient (Wildman–Crippen LogP) is -0.370. The summed E-state index contributed by atoms with van der Waals surface area (Å²) >= 11 is 0. The zero-order valence-corrected chi connectivity index (χ0v) is 7.82. The van der Waals surface area contributed by atoms with E-state index in [2.05, 4.69) is 4.74 Å². The van der Waals surface area contributed by atoms with E-state index in [1.807, 2.05) is 0 Å². The van der Waals surface area contributed by atoms with Gasteiger partial charge in [0.2, 0.25) is 5.44 Å². The first kappa shape index (κ1) is 10.2. The van der Waals surface area contributed by atoms with E-state index in [4.69, 9.17) is 4.55 Å². The van der Waals surface area contributed by atoms with Crippen molar-refractivity contribution in [2.75, 3.05) is 0 Å². The van der Waals surface area contributed by atoms with Crippen LogP contribution in [0.25, 0.3) is 0 Å². The number of allylic oxidation sites excluding steroid dienone is 2. The van der Waals surface area contributed by atoms with Crippen LogP contribution in [0.15, 0.2) is 24.5 Å². The van der Waals surface area contributed by atoms with Crippen LogP contribution >= 0.6 is 0 Å². The van der Waals surface area contributed by atoms with Crippen LogP contribution in [-0.2, 0) is 22.8 Å². The van der Waals surface area contributed by atoms with Crippen LogP contribution in [0, 0.1) is 0 Å². The van der Waals surface area contributed by atoms with Crippen molar-refractivity contribution in [1.29, 1.82) is 0 Å². The quantitative estimate of drug-likeness (QED) is 0.509. The Labute approximate surface area is 74.6 Å². The summed E-state index contributed by atoms with van der Waals surface area (Å²) in [5, 5.41) is 0. The topological polar surface area (TPSA) is 97.7 Å². The van der Waals surface area contributed by atoms with Gasteiger partial charge in [-0.3, -0.25) is 4.55 Å². The van der Waals surface area contributed by atoms with Gasteiger partial charge in [0.05, 0.1) is 6.26 Å². The minimum atomic E-state index is -5.14. The van der Waals surface area contributed by atoms with E-state index in [0.717, 1.165) is 12.3 Å². The van der Waals surface area contributed by atoms with Crippen molar-refractivity contribution < 1.29 is 26.1 Å². The van der Waals surface area contributed by atoms with Crippen molar-refractivity contribution in [1.82, 2.24) is 0 Å². The van der Waals surface area contributed by atoms with Crippen molar-refractivity contribution in [3.05, 3.63) is 24.5 Å². The number of rotatable bonds is 2. The van der Waals surface area contributed by atoms with Crippen molar-refractivity contribution in [3.8, 4) is 0 Å². The van der Waals surface area contributed by atoms with Crippen LogP contribution in [0.1, 0.15) is 0 Å². The van der Waals surface area contributed by atoms with Gasteiger partial charge < -0.3 is 4.74 Å². The van der Waals surface area contributed by atoms with Crippen molar-refractivity contribution in [2.24, 2.45) is 0 Å². The Morgan fingerprint density at radius 3 is 2.15 bits per heavy atom. The maximum Gasteiger partial charge on any atom is 0.376 e. The summed E-state index contributed by atoms with van der Waals surface area (Å²) < 4.78 is 55.5. The van der Waals surface area contributed by atoms with Crippen LogP contribution in [0.4, 0.5) is 0 Å². The first-order valence-electron chi connectivity index (χ1n) is 3.06. The molecule has 0 aliphatic carbocycles. The second kappa shape index (κ2) is 3.13. The zero-order chi connectivity index (χ0) is 10.1. The first-order valence-corrected chi connectivity index (χ1v) is 6.56. The van der Waals surface area contributed by atoms with Crippen LogP contribution in [-0.4, -0.2) is 26.8 Å². The smallest absolute Gasteiger partial charge is 0.376 e. The molecule has 6 nitrogen and oxygen atoms in total. The third kappa shape index (κ3) is 1.90. The SMILES string of the molecule is O=S(=O)(O)S(=O)(=O)C1C=CC=CO1. The zero-order valence-electron chi connectivity index (χ0n) is 6.19. The van der Waals surface area contributed by atoms with E-state index in [1.165, 1.54) is 12.2 Å². The molecule has 1 rings (SSSR count). The summed E-state index contributed by atoms with van der Waals surface area (Å²) in [6.45, 7) is 0. The van der Waals surface area contributed by atoms with Gasteiger partial charge in [0.15, 0.2) is 0 Å². The summed E-state index contributed by atoms with van der Waals surface area (Å²) in [5.41, 5.74) is -1.67. The Bertz CT molecular complexity index is 439. The Morgan fingerprint density at radius 1 is 1.15 bits per heavy atom. The van der Waals surface area contributed by atoms with Crippen molar-refractivity contribution >= 4 is 18.0 Å². The maximum atomic E-state index is 11.0. The molecule has 1 unspecified atom stereocenters. The predicted molar refractivity (Wildman–Crippen MR) is 43.6 cm³/mol. The fraction of sp³-hybridized carbons (Fsp3) is 0.200. The summed E-state index contributed by atoms with van der Waals surface area (Å²) in [5.74, 6) is 0. The van der Waals surface area contributed by atoms with Gasteiger partial charge in [0, 0.05) is 0 Å². The molecule has 0 bridgehead atoms. The average Bonchev–Trinajstić information content (AvgIpc) is 2.04. The highest BCUT2D eigenvalue weighted by Crippen LogP contribution is 2.15. The molecule has 1 N–H and O–H groups in total. The van der Waals surface area contributed by atoms with Crippen molar-refractivity contribution in [3.63, 3.8) is 0 Å². The van der Waals surface area contributed by atoms with Gasteiger partial charge in [-0.25, -0.2) is 8.42 Å². The largest absolute Gasteiger partial charge is 0.477 e. The summed E-state index contributed by atoms with van der Waals surface area (Å²) in [7, 11) is -9.87. The molecule has 1 heterocycles. The summed E-state index contributed by atoms with van der Waals surface area (Å²) in [6.07, 6.45) is 4.71. The third-order valence-electron chi connectivity index (χ3n) is 1.25. The molecule has 0 aromatic carbocycles. The molecule has 1 aliphatic rings. The molecule has 8 heteroatoms. The van der Waals surface area contributed by atoms with E-state index in [1.54, 1.807) is 0 Å². The van der Waals surface area contributed by atoms with Gasteiger partial charge in [-0.15, -0.1) is 0 Å². The van der Waals surface area contributed by atoms with E-state index in [9.17, 15) is 16.8 Å². The standard InChI is InChI=1S/C5H6O6S2/c6-12(7,13(8,9)10)5-3-1-2-4-11-5/h1-5H,(H,8,9,10). The molecule has 0 amide bonds. The second-order valence-corrected chi connectivity index (χ2v) is 7.10. The van der Waals surface area contributed by atoms with Gasteiger partial charge >= 0.3 is 18.0 Å². The summed E-state index contributed by atoms with van der Waals surface area (Å²) in [6, 6.07) is 0. The van der Waals surface area contributed by atoms with E-state index in [0.29, 0.717) is 0 Å². The average molecular weight is 226 g/mol. The van der Waals surface area contributed by atoms with E-state index >= 15 is 0 Å². The first-order chi connectivity index (χ1) is 5.86. The minimum Gasteiger partial charge on any atom is -0.477 e. The molecular weight excluding hydrogens is 220 g/mol. The van der Waals surface area contributed by atoms with Crippen LogP contribution in [0.3, 0.4) is 0 Å². The summed E-state index contributed by atoms with van der Waals surface area (Å²) in [4.78, 5) is 0. The minimum absolute atomic E-state index is 1.00. The van der Waals surface area contributed by atoms with Gasteiger partial charge in [-0.05, 0) is 12.2 Å². The van der Waals surface area contributed by atoms with Gasteiger partial charge in [-0.2, -0.15) is 8.42 Å². The van der Waals surface area contributed by atoms with Gasteiger partial charge in [-0.1, -0.05) is 6.08 Å². The molecule has 0 spiro atoms. The number of hydrogen-bond donors (Lipinski definition) is 1. The van der Waals surface area contributed by atoms with Gasteiger partial charge in [0.25, 0.3) is 0 Å². The Morgan fingerprint density at radius 2 is 1.77 bits per heavy atom. The molecule has 74 valence electrons. The number of hydrogen-bond acceptors (Lipinski definition) is 5.